The van der Waals surface area contributed by atoms with E-state index >= 15 is 0 Å². The van der Waals surface area contributed by atoms with Gasteiger partial charge in [0.1, 0.15) is 0 Å². The zero-order valence-electron chi connectivity index (χ0n) is 15.7. The van der Waals surface area contributed by atoms with E-state index in [9.17, 15) is 9.59 Å². The van der Waals surface area contributed by atoms with E-state index in [1.165, 1.54) is 10.5 Å². The molecule has 1 N–H and O–H groups in total. The molecule has 4 nitrogen and oxygen atoms in total. The van der Waals surface area contributed by atoms with Gasteiger partial charge in [0.15, 0.2) is 0 Å². The van der Waals surface area contributed by atoms with Gasteiger partial charge in [-0.3, -0.25) is 0 Å². The molecular weight excluding hydrogens is 451 g/mol. The van der Waals surface area contributed by atoms with E-state index in [-0.39, 0.29) is 20.1 Å². The first-order valence-corrected chi connectivity index (χ1v) is 10.9. The molecular formula is C19H25BrO4Se. The molecule has 3 rings (SSSR count). The number of halogens is 1. The number of carboxylic acid groups (broad SMARTS) is 1. The quantitative estimate of drug-likeness (QED) is 0.354. The summed E-state index contributed by atoms with van der Waals surface area (Å²) in [5.41, 5.74) is -0.632. The third kappa shape index (κ3) is 5.06. The van der Waals surface area contributed by atoms with Crippen molar-refractivity contribution in [2.24, 2.45) is 0 Å². The Bertz CT molecular complexity index is 894. The first-order chi connectivity index (χ1) is 12.0. The second-order valence-corrected chi connectivity index (χ2v) is 7.45. The van der Waals surface area contributed by atoms with E-state index in [0.29, 0.717) is 11.0 Å². The molecule has 0 spiro atoms. The Morgan fingerprint density at radius 2 is 1.68 bits per heavy atom. The summed E-state index contributed by atoms with van der Waals surface area (Å²) in [6.45, 7) is 14.0. The van der Waals surface area contributed by atoms with Gasteiger partial charge in [-0.2, -0.15) is 0 Å². The van der Waals surface area contributed by atoms with Crippen LogP contribution < -0.4 is 5.63 Å². The second kappa shape index (κ2) is 11.3. The van der Waals surface area contributed by atoms with Crippen molar-refractivity contribution in [1.82, 2.24) is 0 Å². The summed E-state index contributed by atoms with van der Waals surface area (Å²) >= 11 is 3.62. The van der Waals surface area contributed by atoms with Crippen molar-refractivity contribution in [3.05, 3.63) is 43.1 Å². The van der Waals surface area contributed by atoms with Gasteiger partial charge in [-0.1, -0.05) is 41.5 Å². The fourth-order valence-electron chi connectivity index (χ4n) is 1.97. The molecule has 0 saturated carbocycles. The Balaban J connectivity index is 0.000000871. The van der Waals surface area contributed by atoms with Crippen LogP contribution in [-0.4, -0.2) is 25.6 Å². The van der Waals surface area contributed by atoms with Crippen molar-refractivity contribution < 1.29 is 14.3 Å². The van der Waals surface area contributed by atoms with Gasteiger partial charge >= 0.3 is 121 Å². The molecule has 0 aliphatic rings. The minimum atomic E-state index is -1.27. The Kier molecular flexibility index (Phi) is 10.7. The monoisotopic (exact) mass is 476 g/mol. The van der Waals surface area contributed by atoms with Gasteiger partial charge in [-0.05, 0) is 0 Å². The SMILES string of the molecule is CC.CC.CC.Cc1[se]c2c(ccc3cc(C(=O)O)c(=O)oc32)c1Br. The van der Waals surface area contributed by atoms with Crippen molar-refractivity contribution >= 4 is 57.0 Å². The van der Waals surface area contributed by atoms with E-state index in [0.717, 1.165) is 14.1 Å². The van der Waals surface area contributed by atoms with Crippen LogP contribution in [-0.2, 0) is 0 Å². The molecule has 25 heavy (non-hydrogen) atoms. The van der Waals surface area contributed by atoms with Crippen LogP contribution in [0.1, 0.15) is 56.3 Å². The zero-order valence-corrected chi connectivity index (χ0v) is 19.0. The third-order valence-electron chi connectivity index (χ3n) is 2.89. The van der Waals surface area contributed by atoms with Gasteiger partial charge in [0.2, 0.25) is 0 Å². The molecule has 0 aliphatic heterocycles. The first-order valence-electron chi connectivity index (χ1n) is 8.38. The van der Waals surface area contributed by atoms with E-state index in [4.69, 9.17) is 9.52 Å². The van der Waals surface area contributed by atoms with E-state index < -0.39 is 11.6 Å². The number of hydrogen-bond donors (Lipinski definition) is 1. The van der Waals surface area contributed by atoms with Crippen molar-refractivity contribution in [2.45, 2.75) is 48.5 Å². The molecule has 2 aromatic heterocycles. The van der Waals surface area contributed by atoms with Crippen LogP contribution in [0.3, 0.4) is 0 Å². The maximum atomic E-state index is 11.7. The van der Waals surface area contributed by atoms with Gasteiger partial charge in [0.25, 0.3) is 0 Å². The fraction of sp³-hybridized carbons (Fsp3) is 0.368. The van der Waals surface area contributed by atoms with E-state index in [2.05, 4.69) is 15.9 Å². The van der Waals surface area contributed by atoms with Crippen LogP contribution in [0, 0.1) is 6.92 Å². The van der Waals surface area contributed by atoms with Crippen molar-refractivity contribution in [2.75, 3.05) is 0 Å². The number of benzene rings is 1. The Morgan fingerprint density at radius 1 is 1.12 bits per heavy atom. The van der Waals surface area contributed by atoms with Crippen LogP contribution in [0.5, 0.6) is 0 Å². The summed E-state index contributed by atoms with van der Waals surface area (Å²) in [5, 5.41) is 10.6. The summed E-state index contributed by atoms with van der Waals surface area (Å²) in [6.07, 6.45) is 0. The Hall–Kier alpha value is -1.36. The van der Waals surface area contributed by atoms with Gasteiger partial charge in [-0.25, -0.2) is 0 Å². The average molecular weight is 476 g/mol. The van der Waals surface area contributed by atoms with Crippen molar-refractivity contribution in [1.29, 1.82) is 0 Å². The maximum absolute atomic E-state index is 11.7. The normalized spacial score (nSPS) is 9.28. The van der Waals surface area contributed by atoms with Crippen LogP contribution in [0.25, 0.3) is 20.6 Å². The molecule has 0 bridgehead atoms. The molecule has 0 atom stereocenters. The predicted octanol–water partition coefficient (Wildman–Crippen LogP) is 5.85. The number of rotatable bonds is 1. The first kappa shape index (κ1) is 23.6. The topological polar surface area (TPSA) is 67.5 Å². The van der Waals surface area contributed by atoms with Crippen LogP contribution >= 0.6 is 15.9 Å². The summed E-state index contributed by atoms with van der Waals surface area (Å²) in [6, 6.07) is 5.08. The number of fused-ring (bicyclic) bond motifs is 3. The molecule has 1 aromatic carbocycles. The molecule has 3 aromatic rings. The molecule has 0 radical (unpaired) electrons. The molecule has 0 saturated heterocycles. The Morgan fingerprint density at radius 3 is 2.20 bits per heavy atom. The van der Waals surface area contributed by atoms with E-state index in [1.54, 1.807) is 6.07 Å². The predicted molar refractivity (Wildman–Crippen MR) is 110 cm³/mol. The standard InChI is InChI=1S/C13H7BrO4Se.3C2H6/c1-5-9(14)7-3-2-6-4-8(12(15)16)13(17)18-10(6)11(7)19-5;3*1-2/h2-4H,1H3,(H,15,16);3*1-2H3. The molecule has 0 aliphatic carbocycles. The molecule has 6 heteroatoms. The van der Waals surface area contributed by atoms with Crippen LogP contribution in [0.4, 0.5) is 0 Å². The molecule has 0 amide bonds. The van der Waals surface area contributed by atoms with Gasteiger partial charge in [0.05, 0.1) is 0 Å². The number of hydrogen-bond acceptors (Lipinski definition) is 3. The number of carbonyl (C=O) groups is 1. The van der Waals surface area contributed by atoms with Gasteiger partial charge in [0, 0.05) is 0 Å². The second-order valence-electron chi connectivity index (χ2n) is 4.09. The summed E-state index contributed by atoms with van der Waals surface area (Å²) in [7, 11) is 0. The molecule has 0 fully saturated rings. The number of aryl methyl sites for hydroxylation is 1. The average Bonchev–Trinajstić information content (AvgIpc) is 2.94. The Labute approximate surface area is 162 Å². The summed E-state index contributed by atoms with van der Waals surface area (Å²) < 4.78 is 8.47. The number of aromatic carboxylic acids is 1. The summed E-state index contributed by atoms with van der Waals surface area (Å²) in [4.78, 5) is 22.6. The van der Waals surface area contributed by atoms with Gasteiger partial charge in [-0.15, -0.1) is 0 Å². The molecule has 2 heterocycles. The van der Waals surface area contributed by atoms with Crippen LogP contribution in [0.15, 0.2) is 31.9 Å². The molecule has 138 valence electrons. The van der Waals surface area contributed by atoms with Crippen LogP contribution in [0.2, 0.25) is 0 Å². The van der Waals surface area contributed by atoms with E-state index in [1.807, 2.05) is 54.5 Å². The van der Waals surface area contributed by atoms with Gasteiger partial charge < -0.3 is 0 Å². The fourth-order valence-corrected chi connectivity index (χ4v) is 5.19. The van der Waals surface area contributed by atoms with Crippen molar-refractivity contribution in [3.8, 4) is 0 Å². The zero-order chi connectivity index (χ0) is 19.7. The van der Waals surface area contributed by atoms with Crippen molar-refractivity contribution in [3.63, 3.8) is 0 Å². The minimum absolute atomic E-state index is 0.0916. The number of carboxylic acids is 1. The summed E-state index contributed by atoms with van der Waals surface area (Å²) in [5.74, 6) is -1.27. The third-order valence-corrected chi connectivity index (χ3v) is 6.85. The molecule has 0 unspecified atom stereocenters.